The first kappa shape index (κ1) is 11.8. The summed E-state index contributed by atoms with van der Waals surface area (Å²) in [7, 11) is 0. The molecule has 0 aliphatic carbocycles. The fraction of sp³-hybridized carbons (Fsp3) is 0.385. The highest BCUT2D eigenvalue weighted by Gasteiger charge is 2.29. The van der Waals surface area contributed by atoms with Gasteiger partial charge in [0, 0.05) is 25.0 Å². The molecule has 0 aromatic carbocycles. The normalized spacial score (nSPS) is 18.8. The number of nitrogens with zero attached hydrogens (tertiary/aromatic N) is 4. The molecule has 1 N–H and O–H groups in total. The van der Waals surface area contributed by atoms with E-state index in [2.05, 4.69) is 24.8 Å². The number of aromatic nitrogens is 4. The molecule has 1 aliphatic heterocycles. The number of aryl methyl sites for hydroxylation is 1. The maximum absolute atomic E-state index is 11.6. The second kappa shape index (κ2) is 4.79. The lowest BCUT2D eigenvalue weighted by molar-refractivity contribution is 0.670. The Morgan fingerprint density at radius 2 is 2.16 bits per heavy atom. The number of hydrogen-bond acceptors (Lipinski definition) is 5. The Labute approximate surface area is 110 Å². The van der Waals surface area contributed by atoms with Gasteiger partial charge in [0.1, 0.15) is 5.82 Å². The molecule has 2 aromatic heterocycles. The van der Waals surface area contributed by atoms with E-state index in [4.69, 9.17) is 0 Å². The van der Waals surface area contributed by atoms with Crippen molar-refractivity contribution in [1.29, 1.82) is 0 Å². The van der Waals surface area contributed by atoms with Crippen molar-refractivity contribution in [3.8, 4) is 0 Å². The third-order valence-electron chi connectivity index (χ3n) is 3.28. The van der Waals surface area contributed by atoms with Crippen molar-refractivity contribution in [2.45, 2.75) is 25.8 Å². The summed E-state index contributed by atoms with van der Waals surface area (Å²) in [6.45, 7) is 2.69. The Kier molecular flexibility index (Phi) is 2.98. The predicted octanol–water partition coefficient (Wildman–Crippen LogP) is 1.21. The van der Waals surface area contributed by atoms with E-state index in [0.717, 1.165) is 25.1 Å². The van der Waals surface area contributed by atoms with E-state index >= 15 is 0 Å². The van der Waals surface area contributed by atoms with Crippen LogP contribution in [-0.4, -0.2) is 26.5 Å². The molecule has 3 rings (SSSR count). The van der Waals surface area contributed by atoms with Gasteiger partial charge in [-0.05, 0) is 25.8 Å². The molecule has 3 heterocycles. The molecule has 6 heteroatoms. The van der Waals surface area contributed by atoms with Crippen molar-refractivity contribution in [3.05, 3.63) is 46.4 Å². The van der Waals surface area contributed by atoms with Crippen molar-refractivity contribution < 1.29 is 0 Å². The van der Waals surface area contributed by atoms with Crippen LogP contribution in [0.4, 0.5) is 5.95 Å². The first-order valence-corrected chi connectivity index (χ1v) is 6.35. The molecule has 0 spiro atoms. The van der Waals surface area contributed by atoms with Crippen LogP contribution in [0.25, 0.3) is 0 Å². The van der Waals surface area contributed by atoms with Crippen LogP contribution in [-0.2, 0) is 0 Å². The SMILES string of the molecule is Cc1nc([C@H]2CCCN2c2ncccn2)cc(=O)[nH]1. The summed E-state index contributed by atoms with van der Waals surface area (Å²) >= 11 is 0. The van der Waals surface area contributed by atoms with Crippen molar-refractivity contribution in [2.75, 3.05) is 11.4 Å². The monoisotopic (exact) mass is 257 g/mol. The number of nitrogens with one attached hydrogen (secondary N) is 1. The highest BCUT2D eigenvalue weighted by Crippen LogP contribution is 2.32. The van der Waals surface area contributed by atoms with Crippen LogP contribution in [0.3, 0.4) is 0 Å². The second-order valence-corrected chi connectivity index (χ2v) is 4.66. The number of H-pyrrole nitrogens is 1. The van der Waals surface area contributed by atoms with Crippen LogP contribution < -0.4 is 10.5 Å². The summed E-state index contributed by atoms with van der Waals surface area (Å²) in [6.07, 6.45) is 5.48. The molecule has 1 saturated heterocycles. The van der Waals surface area contributed by atoms with Crippen LogP contribution in [0.2, 0.25) is 0 Å². The highest BCUT2D eigenvalue weighted by molar-refractivity contribution is 5.35. The Morgan fingerprint density at radius 3 is 2.89 bits per heavy atom. The minimum Gasteiger partial charge on any atom is -0.332 e. The maximum Gasteiger partial charge on any atom is 0.251 e. The summed E-state index contributed by atoms with van der Waals surface area (Å²) in [5.41, 5.74) is 0.689. The fourth-order valence-corrected chi connectivity index (χ4v) is 2.53. The lowest BCUT2D eigenvalue weighted by Crippen LogP contribution is -2.26. The molecular weight excluding hydrogens is 242 g/mol. The first-order valence-electron chi connectivity index (χ1n) is 6.35. The number of rotatable bonds is 2. The fourth-order valence-electron chi connectivity index (χ4n) is 2.53. The highest BCUT2D eigenvalue weighted by atomic mass is 16.1. The van der Waals surface area contributed by atoms with E-state index in [1.54, 1.807) is 31.5 Å². The molecule has 19 heavy (non-hydrogen) atoms. The minimum absolute atomic E-state index is 0.0865. The molecule has 1 atom stereocenters. The quantitative estimate of drug-likeness (QED) is 0.875. The Balaban J connectivity index is 1.97. The summed E-state index contributed by atoms with van der Waals surface area (Å²) in [6, 6.07) is 3.45. The van der Waals surface area contributed by atoms with Gasteiger partial charge in [-0.2, -0.15) is 0 Å². The molecular formula is C13H15N5O. The van der Waals surface area contributed by atoms with Gasteiger partial charge < -0.3 is 9.88 Å². The van der Waals surface area contributed by atoms with Gasteiger partial charge in [0.15, 0.2) is 0 Å². The molecule has 0 radical (unpaired) electrons. The van der Waals surface area contributed by atoms with E-state index in [0.29, 0.717) is 11.8 Å². The standard InChI is InChI=1S/C13H15N5O/c1-9-16-10(8-12(19)17-9)11-4-2-7-18(11)13-14-5-3-6-15-13/h3,5-6,8,11H,2,4,7H2,1H3,(H,16,17,19)/t11-/m1/s1. The summed E-state index contributed by atoms with van der Waals surface area (Å²) < 4.78 is 0. The van der Waals surface area contributed by atoms with Gasteiger partial charge in [-0.1, -0.05) is 0 Å². The van der Waals surface area contributed by atoms with E-state index in [-0.39, 0.29) is 11.6 Å². The number of anilines is 1. The minimum atomic E-state index is -0.108. The average molecular weight is 257 g/mol. The first-order chi connectivity index (χ1) is 9.24. The van der Waals surface area contributed by atoms with Crippen molar-refractivity contribution in [3.63, 3.8) is 0 Å². The zero-order valence-corrected chi connectivity index (χ0v) is 10.7. The average Bonchev–Trinajstić information content (AvgIpc) is 2.88. The third kappa shape index (κ3) is 2.33. The zero-order valence-electron chi connectivity index (χ0n) is 10.7. The van der Waals surface area contributed by atoms with Crippen molar-refractivity contribution in [1.82, 2.24) is 19.9 Å². The van der Waals surface area contributed by atoms with E-state index < -0.39 is 0 Å². The van der Waals surface area contributed by atoms with Crippen molar-refractivity contribution >= 4 is 5.95 Å². The Bertz CT molecular complexity index is 624. The van der Waals surface area contributed by atoms with Gasteiger partial charge >= 0.3 is 0 Å². The van der Waals surface area contributed by atoms with Gasteiger partial charge in [-0.15, -0.1) is 0 Å². The molecule has 0 unspecified atom stereocenters. The van der Waals surface area contributed by atoms with Crippen LogP contribution >= 0.6 is 0 Å². The van der Waals surface area contributed by atoms with Crippen LogP contribution in [0.1, 0.15) is 30.4 Å². The molecule has 0 saturated carbocycles. The topological polar surface area (TPSA) is 74.8 Å². The summed E-state index contributed by atoms with van der Waals surface area (Å²) in [5, 5.41) is 0. The lowest BCUT2D eigenvalue weighted by atomic mass is 10.1. The predicted molar refractivity (Wildman–Crippen MR) is 70.9 cm³/mol. The molecule has 1 fully saturated rings. The largest absolute Gasteiger partial charge is 0.332 e. The molecule has 2 aromatic rings. The van der Waals surface area contributed by atoms with Gasteiger partial charge in [0.05, 0.1) is 11.7 Å². The van der Waals surface area contributed by atoms with Crippen LogP contribution in [0, 0.1) is 6.92 Å². The maximum atomic E-state index is 11.6. The molecule has 98 valence electrons. The van der Waals surface area contributed by atoms with Gasteiger partial charge in [-0.3, -0.25) is 4.79 Å². The number of aromatic amines is 1. The third-order valence-corrected chi connectivity index (χ3v) is 3.28. The zero-order chi connectivity index (χ0) is 13.2. The second-order valence-electron chi connectivity index (χ2n) is 4.66. The van der Waals surface area contributed by atoms with E-state index in [1.165, 1.54) is 0 Å². The molecule has 6 nitrogen and oxygen atoms in total. The Morgan fingerprint density at radius 1 is 1.37 bits per heavy atom. The summed E-state index contributed by atoms with van der Waals surface area (Å²) in [5.74, 6) is 1.34. The molecule has 0 bridgehead atoms. The lowest BCUT2D eigenvalue weighted by Gasteiger charge is -2.23. The molecule has 0 amide bonds. The molecule has 1 aliphatic rings. The summed E-state index contributed by atoms with van der Waals surface area (Å²) in [4.78, 5) is 29.4. The van der Waals surface area contributed by atoms with Gasteiger partial charge in [-0.25, -0.2) is 15.0 Å². The van der Waals surface area contributed by atoms with Gasteiger partial charge in [0.25, 0.3) is 5.56 Å². The van der Waals surface area contributed by atoms with Gasteiger partial charge in [0.2, 0.25) is 5.95 Å². The van der Waals surface area contributed by atoms with E-state index in [1.807, 2.05) is 0 Å². The van der Waals surface area contributed by atoms with Crippen LogP contribution in [0.15, 0.2) is 29.3 Å². The van der Waals surface area contributed by atoms with E-state index in [9.17, 15) is 4.79 Å². The number of hydrogen-bond donors (Lipinski definition) is 1. The van der Waals surface area contributed by atoms with Crippen LogP contribution in [0.5, 0.6) is 0 Å². The smallest absolute Gasteiger partial charge is 0.251 e. The Hall–Kier alpha value is -2.24. The van der Waals surface area contributed by atoms with Crippen molar-refractivity contribution in [2.24, 2.45) is 0 Å².